The first-order chi connectivity index (χ1) is 16.1. The first-order valence-electron chi connectivity index (χ1n) is 11.0. The molecule has 3 N–H and O–H groups in total. The molecule has 0 spiro atoms. The molecule has 2 aromatic carbocycles. The molecule has 2 amide bonds. The van der Waals surface area contributed by atoms with Gasteiger partial charge in [-0.15, -0.1) is 0 Å². The molecule has 0 bridgehead atoms. The molecule has 0 saturated carbocycles. The summed E-state index contributed by atoms with van der Waals surface area (Å²) in [6.45, 7) is 5.26. The Hall–Kier alpha value is -3.88. The quantitative estimate of drug-likeness (QED) is 0.438. The van der Waals surface area contributed by atoms with E-state index in [0.717, 1.165) is 16.3 Å². The van der Waals surface area contributed by atoms with Gasteiger partial charge in [0.2, 0.25) is 5.91 Å². The smallest absolute Gasteiger partial charge is 0.408 e. The molecule has 0 fully saturated rings. The lowest BCUT2D eigenvalue weighted by molar-refractivity contribution is -0.140. The Morgan fingerprint density at radius 1 is 1.09 bits per heavy atom. The molecule has 0 aliphatic heterocycles. The number of aromatic nitrogens is 2. The minimum absolute atomic E-state index is 0.0115. The van der Waals surface area contributed by atoms with E-state index in [9.17, 15) is 14.4 Å². The van der Waals surface area contributed by atoms with Crippen LogP contribution in [0.25, 0.3) is 10.8 Å². The van der Waals surface area contributed by atoms with Crippen LogP contribution in [-0.2, 0) is 25.5 Å². The molecule has 1 heterocycles. The summed E-state index contributed by atoms with van der Waals surface area (Å²) < 4.78 is 9.89. The molecule has 180 valence electrons. The molecule has 1 atom stereocenters. The fourth-order valence-corrected chi connectivity index (χ4v) is 3.36. The van der Waals surface area contributed by atoms with Gasteiger partial charge in [0, 0.05) is 13.0 Å². The van der Waals surface area contributed by atoms with Gasteiger partial charge in [-0.1, -0.05) is 42.5 Å². The number of nitrogens with one attached hydrogen (secondary N) is 3. The van der Waals surface area contributed by atoms with E-state index < -0.39 is 29.6 Å². The maximum atomic E-state index is 12.8. The molecule has 34 heavy (non-hydrogen) atoms. The summed E-state index contributed by atoms with van der Waals surface area (Å²) in [6.07, 6.45) is 1.30. The van der Waals surface area contributed by atoms with E-state index >= 15 is 0 Å². The van der Waals surface area contributed by atoms with Crippen molar-refractivity contribution in [2.45, 2.75) is 45.3 Å². The molecule has 0 aliphatic carbocycles. The fraction of sp³-hybridized carbons (Fsp3) is 0.360. The van der Waals surface area contributed by atoms with E-state index in [1.165, 1.54) is 13.3 Å². The summed E-state index contributed by atoms with van der Waals surface area (Å²) in [5, 5.41) is 7.49. The third-order valence-electron chi connectivity index (χ3n) is 4.92. The number of amides is 2. The van der Waals surface area contributed by atoms with Crippen molar-refractivity contribution in [3.05, 3.63) is 65.7 Å². The van der Waals surface area contributed by atoms with Crippen molar-refractivity contribution in [3.63, 3.8) is 0 Å². The van der Waals surface area contributed by atoms with Crippen LogP contribution in [0.2, 0.25) is 0 Å². The van der Waals surface area contributed by atoms with E-state index in [1.807, 2.05) is 24.3 Å². The van der Waals surface area contributed by atoms with E-state index in [0.29, 0.717) is 17.9 Å². The van der Waals surface area contributed by atoms with Crippen LogP contribution in [0, 0.1) is 0 Å². The van der Waals surface area contributed by atoms with Gasteiger partial charge in [0.15, 0.2) is 6.04 Å². The lowest BCUT2D eigenvalue weighted by atomic mass is 10.1. The maximum absolute atomic E-state index is 12.8. The Morgan fingerprint density at radius 2 is 1.82 bits per heavy atom. The number of H-pyrrole nitrogens is 1. The average Bonchev–Trinajstić information content (AvgIpc) is 3.24. The van der Waals surface area contributed by atoms with Crippen LogP contribution in [0.3, 0.4) is 0 Å². The Labute approximate surface area is 198 Å². The monoisotopic (exact) mass is 466 g/mol. The molecule has 0 aliphatic rings. The first kappa shape index (κ1) is 24.8. The second-order valence-corrected chi connectivity index (χ2v) is 8.84. The molecule has 1 aromatic heterocycles. The van der Waals surface area contributed by atoms with Gasteiger partial charge in [-0.05, 0) is 37.1 Å². The molecule has 0 saturated heterocycles. The number of esters is 1. The van der Waals surface area contributed by atoms with Crippen LogP contribution in [0.15, 0.2) is 48.7 Å². The van der Waals surface area contributed by atoms with Crippen molar-refractivity contribution in [1.82, 2.24) is 20.6 Å². The number of alkyl carbamates (subject to hydrolysis) is 1. The van der Waals surface area contributed by atoms with E-state index in [4.69, 9.17) is 4.74 Å². The largest absolute Gasteiger partial charge is 0.469 e. The fourth-order valence-electron chi connectivity index (χ4n) is 3.36. The highest BCUT2D eigenvalue weighted by Crippen LogP contribution is 2.19. The molecule has 1 unspecified atom stereocenters. The van der Waals surface area contributed by atoms with Crippen molar-refractivity contribution in [3.8, 4) is 0 Å². The van der Waals surface area contributed by atoms with Crippen molar-refractivity contribution in [1.29, 1.82) is 0 Å². The summed E-state index contributed by atoms with van der Waals surface area (Å²) in [5.74, 6) is -0.310. The van der Waals surface area contributed by atoms with E-state index in [2.05, 4.69) is 43.5 Å². The van der Waals surface area contributed by atoms with Crippen molar-refractivity contribution in [2.75, 3.05) is 13.7 Å². The van der Waals surface area contributed by atoms with Gasteiger partial charge in [0.05, 0.1) is 25.4 Å². The topological polar surface area (TPSA) is 122 Å². The summed E-state index contributed by atoms with van der Waals surface area (Å²) in [7, 11) is 1.28. The molecular formula is C25H30N4O5. The number of methoxy groups -OCH3 is 1. The number of nitrogens with zero attached hydrogens (tertiary/aromatic N) is 1. The van der Waals surface area contributed by atoms with Crippen molar-refractivity contribution in [2.24, 2.45) is 0 Å². The number of hydrogen-bond donors (Lipinski definition) is 3. The number of carbonyl (C=O) groups excluding carboxylic acids is 3. The van der Waals surface area contributed by atoms with Crippen LogP contribution >= 0.6 is 0 Å². The first-order valence-corrected chi connectivity index (χ1v) is 11.0. The maximum Gasteiger partial charge on any atom is 0.408 e. The minimum Gasteiger partial charge on any atom is -0.469 e. The van der Waals surface area contributed by atoms with Crippen molar-refractivity contribution < 1.29 is 23.9 Å². The van der Waals surface area contributed by atoms with Crippen LogP contribution < -0.4 is 10.6 Å². The van der Waals surface area contributed by atoms with Crippen LogP contribution in [-0.4, -0.2) is 47.2 Å². The number of ether oxygens (including phenoxy) is 2. The van der Waals surface area contributed by atoms with Gasteiger partial charge in [-0.2, -0.15) is 0 Å². The summed E-state index contributed by atoms with van der Waals surface area (Å²) >= 11 is 0. The van der Waals surface area contributed by atoms with Gasteiger partial charge >= 0.3 is 12.1 Å². The molecule has 9 heteroatoms. The Morgan fingerprint density at radius 3 is 2.53 bits per heavy atom. The lowest BCUT2D eigenvalue weighted by Gasteiger charge is -2.22. The number of benzene rings is 2. The lowest BCUT2D eigenvalue weighted by Crippen LogP contribution is -2.43. The summed E-state index contributed by atoms with van der Waals surface area (Å²) in [5.41, 5.74) is 0.724. The zero-order valence-electron chi connectivity index (χ0n) is 19.8. The number of carbonyl (C=O) groups is 3. The standard InChI is InChI=1S/C25H30N4O5/c1-25(2,3)34-24(32)29-22(23(31)26-12-11-21(30)33-4)19-15-27-20(28-19)14-16-9-10-17-7-5-6-8-18(17)13-16/h5-10,13,15,22H,11-12,14H2,1-4H3,(H,26,31)(H,27,28)(H,29,32). The molecule has 3 aromatic rings. The van der Waals surface area contributed by atoms with Crippen LogP contribution in [0.4, 0.5) is 4.79 Å². The normalized spacial score (nSPS) is 12.1. The van der Waals surface area contributed by atoms with E-state index in [-0.39, 0.29) is 13.0 Å². The highest BCUT2D eigenvalue weighted by atomic mass is 16.6. The van der Waals surface area contributed by atoms with Gasteiger partial charge < -0.3 is 25.1 Å². The average molecular weight is 467 g/mol. The second kappa shape index (κ2) is 10.8. The SMILES string of the molecule is COC(=O)CCNC(=O)C(NC(=O)OC(C)(C)C)c1cnc(Cc2ccc3ccccc3c2)[nH]1. The van der Waals surface area contributed by atoms with Gasteiger partial charge in [0.1, 0.15) is 11.4 Å². The van der Waals surface area contributed by atoms with Crippen LogP contribution in [0.5, 0.6) is 0 Å². The number of fused-ring (bicyclic) bond motifs is 1. The molecule has 3 rings (SSSR count). The zero-order chi connectivity index (χ0) is 24.7. The van der Waals surface area contributed by atoms with Gasteiger partial charge in [-0.25, -0.2) is 9.78 Å². The number of hydrogen-bond acceptors (Lipinski definition) is 6. The third-order valence-corrected chi connectivity index (χ3v) is 4.92. The van der Waals surface area contributed by atoms with E-state index in [1.54, 1.807) is 20.8 Å². The molecular weight excluding hydrogens is 436 g/mol. The number of imidazole rings is 1. The van der Waals surface area contributed by atoms with Crippen LogP contribution in [0.1, 0.15) is 50.3 Å². The predicted octanol–water partition coefficient (Wildman–Crippen LogP) is 3.40. The Kier molecular flexibility index (Phi) is 7.88. The highest BCUT2D eigenvalue weighted by molar-refractivity contribution is 5.87. The zero-order valence-corrected chi connectivity index (χ0v) is 19.8. The second-order valence-electron chi connectivity index (χ2n) is 8.84. The van der Waals surface area contributed by atoms with Crippen molar-refractivity contribution >= 4 is 28.7 Å². The Bertz CT molecular complexity index is 1170. The molecule has 9 nitrogen and oxygen atoms in total. The predicted molar refractivity (Wildman–Crippen MR) is 127 cm³/mol. The summed E-state index contributed by atoms with van der Waals surface area (Å²) in [6, 6.07) is 13.2. The Balaban J connectivity index is 1.75. The van der Waals surface area contributed by atoms with Gasteiger partial charge in [-0.3, -0.25) is 9.59 Å². The third kappa shape index (κ3) is 7.06. The number of rotatable bonds is 8. The van der Waals surface area contributed by atoms with Gasteiger partial charge in [0.25, 0.3) is 0 Å². The number of aromatic amines is 1. The molecule has 0 radical (unpaired) electrons. The minimum atomic E-state index is -1.08. The highest BCUT2D eigenvalue weighted by Gasteiger charge is 2.27. The summed E-state index contributed by atoms with van der Waals surface area (Å²) in [4.78, 5) is 44.1.